The van der Waals surface area contributed by atoms with E-state index in [4.69, 9.17) is 14.4 Å². The largest absolute Gasteiger partial charge is 0.455 e. The second-order valence-electron chi connectivity index (χ2n) is 11.8. The van der Waals surface area contributed by atoms with Crippen molar-refractivity contribution in [2.24, 2.45) is 0 Å². The quantitative estimate of drug-likeness (QED) is 0.207. The van der Waals surface area contributed by atoms with Gasteiger partial charge in [0.15, 0.2) is 5.82 Å². The molecule has 46 heavy (non-hydrogen) atoms. The number of rotatable bonds is 3. The molecule has 0 spiro atoms. The molecule has 0 unspecified atom stereocenters. The number of aromatic nitrogens is 3. The lowest BCUT2D eigenvalue weighted by molar-refractivity contribution is 0.670. The van der Waals surface area contributed by atoms with E-state index in [2.05, 4.69) is 126 Å². The summed E-state index contributed by atoms with van der Waals surface area (Å²) in [7, 11) is 0. The molecule has 3 heterocycles. The lowest BCUT2D eigenvalue weighted by Gasteiger charge is -2.11. The van der Waals surface area contributed by atoms with Gasteiger partial charge in [-0.2, -0.15) is 0 Å². The fourth-order valence-corrected chi connectivity index (χ4v) is 7.12. The number of hydrogen-bond donors (Lipinski definition) is 0. The van der Waals surface area contributed by atoms with Crippen LogP contribution in [0.25, 0.3) is 93.8 Å². The maximum absolute atomic E-state index is 6.42. The highest BCUT2D eigenvalue weighted by Gasteiger charge is 2.18. The van der Waals surface area contributed by atoms with Crippen LogP contribution in [0.15, 0.2) is 156 Å². The molecule has 0 N–H and O–H groups in total. The Balaban J connectivity index is 1.15. The van der Waals surface area contributed by atoms with Crippen molar-refractivity contribution in [3.05, 3.63) is 152 Å². The summed E-state index contributed by atoms with van der Waals surface area (Å²) in [6.07, 6.45) is 0. The highest BCUT2D eigenvalue weighted by molar-refractivity contribution is 6.21. The van der Waals surface area contributed by atoms with Gasteiger partial charge in [-0.1, -0.05) is 97.1 Å². The molecular weight excluding hydrogens is 562 g/mol. The minimum absolute atomic E-state index is 0.682. The van der Waals surface area contributed by atoms with Crippen LogP contribution >= 0.6 is 0 Å². The van der Waals surface area contributed by atoms with E-state index in [0.717, 1.165) is 55.3 Å². The first-order valence-electron chi connectivity index (χ1n) is 15.5. The van der Waals surface area contributed by atoms with E-state index in [0.29, 0.717) is 5.82 Å². The second-order valence-corrected chi connectivity index (χ2v) is 11.8. The van der Waals surface area contributed by atoms with Crippen molar-refractivity contribution in [2.45, 2.75) is 0 Å². The third-order valence-electron chi connectivity index (χ3n) is 9.21. The van der Waals surface area contributed by atoms with Crippen LogP contribution in [-0.2, 0) is 0 Å². The standard InChI is InChI=1S/C42H25N3O/c1-2-11-29-26(10-1)22-25-37-39(29)33-14-4-7-18-36(33)45(37)28-23-20-27(21-24-28)42-43-35-17-6-3-13-32(35)40(44-42)34-16-9-15-31-30-12-5-8-19-38(30)46-41(31)34/h1-25H. The first-order valence-corrected chi connectivity index (χ1v) is 15.5. The molecular formula is C42H25N3O. The van der Waals surface area contributed by atoms with E-state index < -0.39 is 0 Å². The Morgan fingerprint density at radius 2 is 1.20 bits per heavy atom. The van der Waals surface area contributed by atoms with Gasteiger partial charge in [0, 0.05) is 43.7 Å². The first kappa shape index (κ1) is 25.1. The number of fused-ring (bicyclic) bond motifs is 9. The lowest BCUT2D eigenvalue weighted by atomic mass is 10.0. The fraction of sp³-hybridized carbons (Fsp3) is 0. The molecule has 0 radical (unpaired) electrons. The Labute approximate surface area is 263 Å². The minimum Gasteiger partial charge on any atom is -0.455 e. The number of hydrogen-bond acceptors (Lipinski definition) is 3. The van der Waals surface area contributed by atoms with Gasteiger partial charge in [0.1, 0.15) is 11.2 Å². The monoisotopic (exact) mass is 587 g/mol. The normalized spacial score (nSPS) is 11.9. The Morgan fingerprint density at radius 1 is 0.478 bits per heavy atom. The molecule has 10 rings (SSSR count). The summed E-state index contributed by atoms with van der Waals surface area (Å²) in [5, 5.41) is 8.22. The van der Waals surface area contributed by atoms with Crippen LogP contribution in [0.1, 0.15) is 0 Å². The van der Waals surface area contributed by atoms with Gasteiger partial charge in [0.05, 0.1) is 22.2 Å². The average Bonchev–Trinajstić information content (AvgIpc) is 3.67. The maximum atomic E-state index is 6.42. The smallest absolute Gasteiger partial charge is 0.160 e. The summed E-state index contributed by atoms with van der Waals surface area (Å²) in [6, 6.07) is 53.0. The van der Waals surface area contributed by atoms with Crippen LogP contribution in [-0.4, -0.2) is 14.5 Å². The van der Waals surface area contributed by atoms with E-state index in [9.17, 15) is 0 Å². The molecule has 7 aromatic carbocycles. The van der Waals surface area contributed by atoms with Crippen molar-refractivity contribution in [3.63, 3.8) is 0 Å². The molecule has 4 nitrogen and oxygen atoms in total. The van der Waals surface area contributed by atoms with Crippen molar-refractivity contribution in [3.8, 4) is 28.3 Å². The van der Waals surface area contributed by atoms with Crippen LogP contribution in [0.5, 0.6) is 0 Å². The predicted octanol–water partition coefficient (Wildman–Crippen LogP) is 11.1. The van der Waals surface area contributed by atoms with Gasteiger partial charge in [-0.3, -0.25) is 0 Å². The molecule has 0 aliphatic rings. The molecule has 0 bridgehead atoms. The Morgan fingerprint density at radius 3 is 2.09 bits per heavy atom. The minimum atomic E-state index is 0.682. The molecule has 0 atom stereocenters. The summed E-state index contributed by atoms with van der Waals surface area (Å²) in [4.78, 5) is 10.2. The van der Waals surface area contributed by atoms with Gasteiger partial charge in [0.2, 0.25) is 0 Å². The van der Waals surface area contributed by atoms with Crippen molar-refractivity contribution in [1.82, 2.24) is 14.5 Å². The van der Waals surface area contributed by atoms with Crippen molar-refractivity contribution < 1.29 is 4.42 Å². The molecule has 0 aliphatic heterocycles. The van der Waals surface area contributed by atoms with Crippen LogP contribution in [0.3, 0.4) is 0 Å². The van der Waals surface area contributed by atoms with E-state index in [1.165, 1.54) is 32.6 Å². The van der Waals surface area contributed by atoms with Crippen LogP contribution in [0, 0.1) is 0 Å². The Hall–Kier alpha value is -6.26. The van der Waals surface area contributed by atoms with Gasteiger partial charge in [-0.05, 0) is 65.4 Å². The van der Waals surface area contributed by atoms with Gasteiger partial charge >= 0.3 is 0 Å². The van der Waals surface area contributed by atoms with Crippen LogP contribution < -0.4 is 0 Å². The first-order chi connectivity index (χ1) is 22.8. The second kappa shape index (κ2) is 9.62. The Bertz CT molecular complexity index is 2810. The number of benzene rings is 7. The molecule has 10 aromatic rings. The summed E-state index contributed by atoms with van der Waals surface area (Å²) in [6.45, 7) is 0. The fourth-order valence-electron chi connectivity index (χ4n) is 7.12. The highest BCUT2D eigenvalue weighted by atomic mass is 16.3. The molecule has 0 saturated carbocycles. The third-order valence-corrected chi connectivity index (χ3v) is 9.21. The van der Waals surface area contributed by atoms with E-state index in [-0.39, 0.29) is 0 Å². The number of nitrogens with zero attached hydrogens (tertiary/aromatic N) is 3. The van der Waals surface area contributed by atoms with Gasteiger partial charge in [0.25, 0.3) is 0 Å². The van der Waals surface area contributed by atoms with E-state index in [1.807, 2.05) is 30.3 Å². The van der Waals surface area contributed by atoms with Gasteiger partial charge in [-0.25, -0.2) is 9.97 Å². The van der Waals surface area contributed by atoms with Crippen LogP contribution in [0.2, 0.25) is 0 Å². The molecule has 0 aliphatic carbocycles. The van der Waals surface area contributed by atoms with E-state index in [1.54, 1.807) is 0 Å². The van der Waals surface area contributed by atoms with Crippen molar-refractivity contribution in [1.29, 1.82) is 0 Å². The summed E-state index contributed by atoms with van der Waals surface area (Å²) in [5.74, 6) is 0.682. The number of para-hydroxylation sites is 4. The SMILES string of the molecule is c1ccc2c(c1)ccc1c2c2ccccc2n1-c1ccc(-c2nc(-c3cccc4c3oc3ccccc34)c3ccccc3n2)cc1. The van der Waals surface area contributed by atoms with Crippen molar-refractivity contribution in [2.75, 3.05) is 0 Å². The molecule has 214 valence electrons. The highest BCUT2D eigenvalue weighted by Crippen LogP contribution is 2.39. The average molecular weight is 588 g/mol. The summed E-state index contributed by atoms with van der Waals surface area (Å²) >= 11 is 0. The van der Waals surface area contributed by atoms with Crippen LogP contribution in [0.4, 0.5) is 0 Å². The summed E-state index contributed by atoms with van der Waals surface area (Å²) < 4.78 is 8.78. The predicted molar refractivity (Wildman–Crippen MR) is 190 cm³/mol. The Kier molecular flexibility index (Phi) is 5.25. The molecule has 0 saturated heterocycles. The zero-order valence-corrected chi connectivity index (χ0v) is 24.7. The topological polar surface area (TPSA) is 43.9 Å². The number of furan rings is 1. The van der Waals surface area contributed by atoms with E-state index >= 15 is 0 Å². The van der Waals surface area contributed by atoms with Gasteiger partial charge in [-0.15, -0.1) is 0 Å². The molecule has 3 aromatic heterocycles. The molecule has 4 heteroatoms. The lowest BCUT2D eigenvalue weighted by Crippen LogP contribution is -1.97. The van der Waals surface area contributed by atoms with Crippen molar-refractivity contribution >= 4 is 65.4 Å². The zero-order chi connectivity index (χ0) is 30.2. The molecule has 0 amide bonds. The third kappa shape index (κ3) is 3.61. The maximum Gasteiger partial charge on any atom is 0.160 e. The molecule has 0 fully saturated rings. The zero-order valence-electron chi connectivity index (χ0n) is 24.7. The van der Waals surface area contributed by atoms with Gasteiger partial charge < -0.3 is 8.98 Å². The summed E-state index contributed by atoms with van der Waals surface area (Å²) in [5.41, 5.74) is 8.86.